The highest BCUT2D eigenvalue weighted by Gasteiger charge is 2.15. The summed E-state index contributed by atoms with van der Waals surface area (Å²) in [6, 6.07) is 4.29. The minimum atomic E-state index is -0.800. The second kappa shape index (κ2) is 8.32. The van der Waals surface area contributed by atoms with E-state index in [-0.39, 0.29) is 5.69 Å². The van der Waals surface area contributed by atoms with Gasteiger partial charge in [-0.1, -0.05) is 6.08 Å². The molecule has 1 rings (SSSR count). The first-order chi connectivity index (χ1) is 9.56. The smallest absolute Gasteiger partial charge is 0.270 e. The lowest BCUT2D eigenvalue weighted by Gasteiger charge is -2.13. The summed E-state index contributed by atoms with van der Waals surface area (Å²) in [7, 11) is 0. The third-order valence-corrected chi connectivity index (χ3v) is 2.96. The molecular formula is C15H21NO4. The maximum atomic E-state index is 10.7. The minimum Gasteiger partial charge on any atom is -0.493 e. The molecule has 5 heteroatoms. The molecule has 1 N–H and O–H groups in total. The van der Waals surface area contributed by atoms with Gasteiger partial charge in [0.25, 0.3) is 5.69 Å². The molecule has 0 aliphatic rings. The van der Waals surface area contributed by atoms with Crippen LogP contribution in [0.5, 0.6) is 5.75 Å². The van der Waals surface area contributed by atoms with Crippen molar-refractivity contribution in [3.63, 3.8) is 0 Å². The molecule has 20 heavy (non-hydrogen) atoms. The number of hydrogen-bond donors (Lipinski definition) is 1. The molecule has 1 atom stereocenters. The van der Waals surface area contributed by atoms with E-state index < -0.39 is 11.0 Å². The van der Waals surface area contributed by atoms with E-state index in [2.05, 4.69) is 6.58 Å². The highest BCUT2D eigenvalue weighted by Crippen LogP contribution is 2.29. The van der Waals surface area contributed by atoms with Crippen LogP contribution in [0.4, 0.5) is 5.69 Å². The molecule has 1 aromatic carbocycles. The summed E-state index contributed by atoms with van der Waals surface area (Å²) in [6.07, 6.45) is 5.12. The SMILES string of the molecule is C=CCCCCCOc1ccc([N+](=O)[O-])cc1[C@H](C)O. The maximum absolute atomic E-state index is 10.7. The van der Waals surface area contributed by atoms with Crippen molar-refractivity contribution in [2.24, 2.45) is 0 Å². The maximum Gasteiger partial charge on any atom is 0.270 e. The number of nitrogens with zero attached hydrogens (tertiary/aromatic N) is 1. The van der Waals surface area contributed by atoms with Gasteiger partial charge in [0.1, 0.15) is 5.75 Å². The summed E-state index contributed by atoms with van der Waals surface area (Å²) >= 11 is 0. The van der Waals surface area contributed by atoms with Crippen molar-refractivity contribution < 1.29 is 14.8 Å². The normalized spacial score (nSPS) is 11.9. The summed E-state index contributed by atoms with van der Waals surface area (Å²) < 4.78 is 5.60. The highest BCUT2D eigenvalue weighted by molar-refractivity contribution is 5.44. The van der Waals surface area contributed by atoms with E-state index in [0.29, 0.717) is 17.9 Å². The van der Waals surface area contributed by atoms with Crippen LogP contribution in [0.15, 0.2) is 30.9 Å². The van der Waals surface area contributed by atoms with Crippen LogP contribution < -0.4 is 4.74 Å². The second-order valence-electron chi connectivity index (χ2n) is 4.64. The number of hydrogen-bond acceptors (Lipinski definition) is 4. The van der Waals surface area contributed by atoms with Gasteiger partial charge in [-0.05, 0) is 38.7 Å². The highest BCUT2D eigenvalue weighted by atomic mass is 16.6. The number of nitro groups is 1. The van der Waals surface area contributed by atoms with Crippen molar-refractivity contribution in [1.29, 1.82) is 0 Å². The molecule has 0 amide bonds. The van der Waals surface area contributed by atoms with Gasteiger partial charge in [-0.15, -0.1) is 6.58 Å². The first-order valence-electron chi connectivity index (χ1n) is 6.76. The average molecular weight is 279 g/mol. The fraction of sp³-hybridized carbons (Fsp3) is 0.467. The van der Waals surface area contributed by atoms with Gasteiger partial charge in [0.15, 0.2) is 0 Å². The summed E-state index contributed by atoms with van der Waals surface area (Å²) in [4.78, 5) is 10.2. The van der Waals surface area contributed by atoms with Crippen molar-refractivity contribution in [3.8, 4) is 5.75 Å². The van der Waals surface area contributed by atoms with E-state index >= 15 is 0 Å². The molecule has 0 aromatic heterocycles. The van der Waals surface area contributed by atoms with Crippen molar-refractivity contribution >= 4 is 5.69 Å². The van der Waals surface area contributed by atoms with Gasteiger partial charge >= 0.3 is 0 Å². The van der Waals surface area contributed by atoms with E-state index in [1.807, 2.05) is 6.08 Å². The topological polar surface area (TPSA) is 72.6 Å². The van der Waals surface area contributed by atoms with Crippen LogP contribution in [-0.2, 0) is 0 Å². The predicted octanol–water partition coefficient (Wildman–Crippen LogP) is 3.77. The molecule has 0 fully saturated rings. The standard InChI is InChI=1S/C15H21NO4/c1-3-4-5-6-7-10-20-15-9-8-13(16(18)19)11-14(15)12(2)17/h3,8-9,11-12,17H,1,4-7,10H2,2H3/t12-/m0/s1. The monoisotopic (exact) mass is 279 g/mol. The fourth-order valence-corrected chi connectivity index (χ4v) is 1.86. The Bertz CT molecular complexity index is 457. The molecule has 0 radical (unpaired) electrons. The van der Waals surface area contributed by atoms with Crippen LogP contribution in [-0.4, -0.2) is 16.6 Å². The summed E-state index contributed by atoms with van der Waals surface area (Å²) in [5, 5.41) is 20.4. The minimum absolute atomic E-state index is 0.0424. The van der Waals surface area contributed by atoms with Crippen LogP contribution >= 0.6 is 0 Å². The Morgan fingerprint density at radius 3 is 2.80 bits per heavy atom. The Labute approximate surface area is 119 Å². The zero-order valence-corrected chi connectivity index (χ0v) is 11.7. The summed E-state index contributed by atoms with van der Waals surface area (Å²) in [5.74, 6) is 0.509. The first kappa shape index (κ1) is 16.2. The molecule has 0 saturated heterocycles. The number of benzene rings is 1. The van der Waals surface area contributed by atoms with Gasteiger partial charge in [-0.3, -0.25) is 10.1 Å². The number of aliphatic hydroxyl groups is 1. The first-order valence-corrected chi connectivity index (χ1v) is 6.76. The second-order valence-corrected chi connectivity index (χ2v) is 4.64. The number of rotatable bonds is 9. The fourth-order valence-electron chi connectivity index (χ4n) is 1.86. The van der Waals surface area contributed by atoms with E-state index in [9.17, 15) is 15.2 Å². The van der Waals surface area contributed by atoms with Crippen molar-refractivity contribution in [2.75, 3.05) is 6.61 Å². The van der Waals surface area contributed by atoms with Gasteiger partial charge in [0.05, 0.1) is 17.6 Å². The van der Waals surface area contributed by atoms with E-state index in [4.69, 9.17) is 4.74 Å². The van der Waals surface area contributed by atoms with E-state index in [0.717, 1.165) is 25.7 Å². The molecule has 110 valence electrons. The summed E-state index contributed by atoms with van der Waals surface area (Å²) in [5.41, 5.74) is 0.407. The van der Waals surface area contributed by atoms with E-state index in [1.165, 1.54) is 12.1 Å². The van der Waals surface area contributed by atoms with Crippen LogP contribution in [0.2, 0.25) is 0 Å². The molecule has 0 spiro atoms. The predicted molar refractivity (Wildman–Crippen MR) is 77.9 cm³/mol. The van der Waals surface area contributed by atoms with Gasteiger partial charge in [-0.25, -0.2) is 0 Å². The lowest BCUT2D eigenvalue weighted by Crippen LogP contribution is -2.03. The largest absolute Gasteiger partial charge is 0.493 e. The molecule has 0 unspecified atom stereocenters. The molecule has 0 saturated carbocycles. The van der Waals surface area contributed by atoms with Crippen molar-refractivity contribution in [1.82, 2.24) is 0 Å². The summed E-state index contributed by atoms with van der Waals surface area (Å²) in [6.45, 7) is 5.77. The Balaban J connectivity index is 2.60. The number of aliphatic hydroxyl groups excluding tert-OH is 1. The van der Waals surface area contributed by atoms with Crippen LogP contribution in [0.1, 0.15) is 44.3 Å². The lowest BCUT2D eigenvalue weighted by atomic mass is 10.1. The quantitative estimate of drug-likeness (QED) is 0.323. The van der Waals surface area contributed by atoms with Gasteiger partial charge in [0.2, 0.25) is 0 Å². The Morgan fingerprint density at radius 2 is 2.20 bits per heavy atom. The molecule has 0 aliphatic carbocycles. The average Bonchev–Trinajstić information content (AvgIpc) is 2.42. The Morgan fingerprint density at radius 1 is 1.45 bits per heavy atom. The Hall–Kier alpha value is -1.88. The van der Waals surface area contributed by atoms with Gasteiger partial charge < -0.3 is 9.84 Å². The molecule has 0 heterocycles. The molecule has 0 aliphatic heterocycles. The van der Waals surface area contributed by atoms with Gasteiger partial charge in [-0.2, -0.15) is 0 Å². The lowest BCUT2D eigenvalue weighted by molar-refractivity contribution is -0.385. The molecule has 5 nitrogen and oxygen atoms in total. The number of allylic oxidation sites excluding steroid dienone is 1. The third-order valence-electron chi connectivity index (χ3n) is 2.96. The van der Waals surface area contributed by atoms with Crippen molar-refractivity contribution in [3.05, 3.63) is 46.5 Å². The van der Waals surface area contributed by atoms with Crippen LogP contribution in [0.25, 0.3) is 0 Å². The molecule has 0 bridgehead atoms. The number of non-ortho nitro benzene ring substituents is 1. The zero-order chi connectivity index (χ0) is 15.0. The Kier molecular flexibility index (Phi) is 6.73. The molecular weight excluding hydrogens is 258 g/mol. The third kappa shape index (κ3) is 5.01. The van der Waals surface area contributed by atoms with Crippen molar-refractivity contribution in [2.45, 2.75) is 38.7 Å². The number of nitro benzene ring substituents is 1. The number of unbranched alkanes of at least 4 members (excludes halogenated alkanes) is 3. The molecule has 1 aromatic rings. The van der Waals surface area contributed by atoms with E-state index in [1.54, 1.807) is 13.0 Å². The zero-order valence-electron chi connectivity index (χ0n) is 11.7. The van der Waals surface area contributed by atoms with Crippen LogP contribution in [0.3, 0.4) is 0 Å². The van der Waals surface area contributed by atoms with Gasteiger partial charge in [0, 0.05) is 17.7 Å². The number of ether oxygens (including phenoxy) is 1. The van der Waals surface area contributed by atoms with Crippen LogP contribution in [0, 0.1) is 10.1 Å².